The van der Waals surface area contributed by atoms with Crippen molar-refractivity contribution in [3.8, 4) is 0 Å². The zero-order valence-electron chi connectivity index (χ0n) is 13.4. The molecule has 1 aromatic rings. The van der Waals surface area contributed by atoms with Crippen LogP contribution >= 0.6 is 0 Å². The first-order valence-corrected chi connectivity index (χ1v) is 7.63. The lowest BCUT2D eigenvalue weighted by molar-refractivity contribution is 0.0523. The van der Waals surface area contributed by atoms with Crippen LogP contribution in [0.3, 0.4) is 0 Å². The average molecular weight is 290 g/mol. The van der Waals surface area contributed by atoms with Crippen molar-refractivity contribution in [1.29, 1.82) is 0 Å². The van der Waals surface area contributed by atoms with Crippen LogP contribution in [-0.2, 0) is 11.2 Å². The Balaban J connectivity index is 1.65. The minimum atomic E-state index is -0.448. The van der Waals surface area contributed by atoms with Crippen LogP contribution in [0.2, 0.25) is 0 Å². The lowest BCUT2D eigenvalue weighted by atomic mass is 9.77. The number of fused-ring (bicyclic) bond motifs is 1. The summed E-state index contributed by atoms with van der Waals surface area (Å²) in [7, 11) is 0. The van der Waals surface area contributed by atoms with Gasteiger partial charge in [0, 0.05) is 25.0 Å². The van der Waals surface area contributed by atoms with Crippen molar-refractivity contribution in [2.45, 2.75) is 51.7 Å². The number of benzene rings is 1. The summed E-state index contributed by atoms with van der Waals surface area (Å²) >= 11 is 0. The molecular weight excluding hydrogens is 264 g/mol. The van der Waals surface area contributed by atoms with Gasteiger partial charge in [-0.15, -0.1) is 0 Å². The third-order valence-electron chi connectivity index (χ3n) is 3.63. The van der Waals surface area contributed by atoms with Crippen molar-refractivity contribution < 1.29 is 9.53 Å². The second-order valence-electron chi connectivity index (χ2n) is 6.79. The van der Waals surface area contributed by atoms with E-state index in [1.54, 1.807) is 0 Å². The molecule has 2 atom stereocenters. The maximum Gasteiger partial charge on any atom is 0.407 e. The molecule has 21 heavy (non-hydrogen) atoms. The van der Waals surface area contributed by atoms with E-state index >= 15 is 0 Å². The number of hydrogen-bond donors (Lipinski definition) is 2. The van der Waals surface area contributed by atoms with Gasteiger partial charge in [-0.3, -0.25) is 0 Å². The van der Waals surface area contributed by atoms with E-state index in [-0.39, 0.29) is 12.1 Å². The smallest absolute Gasteiger partial charge is 0.407 e. The van der Waals surface area contributed by atoms with E-state index in [2.05, 4.69) is 41.8 Å². The highest BCUT2D eigenvalue weighted by Crippen LogP contribution is 2.33. The predicted octanol–water partition coefficient (Wildman–Crippen LogP) is 2.83. The van der Waals surface area contributed by atoms with Crippen LogP contribution in [0.25, 0.3) is 0 Å². The Bertz CT molecular complexity index is 494. The van der Waals surface area contributed by atoms with Gasteiger partial charge in [0.1, 0.15) is 5.60 Å². The van der Waals surface area contributed by atoms with Crippen molar-refractivity contribution in [2.24, 2.45) is 0 Å². The summed E-state index contributed by atoms with van der Waals surface area (Å²) in [5.74, 6) is 0.602. The number of alkyl carbamates (subject to hydrolysis) is 1. The largest absolute Gasteiger partial charge is 0.444 e. The van der Waals surface area contributed by atoms with Gasteiger partial charge in [0.25, 0.3) is 0 Å². The molecule has 0 fully saturated rings. The lowest BCUT2D eigenvalue weighted by Crippen LogP contribution is -2.43. The Morgan fingerprint density at radius 1 is 1.38 bits per heavy atom. The lowest BCUT2D eigenvalue weighted by Gasteiger charge is -2.31. The Labute approximate surface area is 127 Å². The fourth-order valence-electron chi connectivity index (χ4n) is 2.51. The Morgan fingerprint density at radius 2 is 2.10 bits per heavy atom. The van der Waals surface area contributed by atoms with Gasteiger partial charge in [-0.1, -0.05) is 24.3 Å². The first-order valence-electron chi connectivity index (χ1n) is 7.63. The van der Waals surface area contributed by atoms with Crippen LogP contribution in [0.15, 0.2) is 24.3 Å². The highest BCUT2D eigenvalue weighted by Gasteiger charge is 2.25. The second-order valence-corrected chi connectivity index (χ2v) is 6.79. The Kier molecular flexibility index (Phi) is 4.88. The monoisotopic (exact) mass is 290 g/mol. The average Bonchev–Trinajstić information content (AvgIpc) is 2.35. The number of carbonyl (C=O) groups is 1. The van der Waals surface area contributed by atoms with Gasteiger partial charge >= 0.3 is 6.09 Å². The topological polar surface area (TPSA) is 50.4 Å². The molecule has 2 N–H and O–H groups in total. The molecule has 1 aromatic carbocycles. The van der Waals surface area contributed by atoms with Gasteiger partial charge in [0.05, 0.1) is 0 Å². The minimum Gasteiger partial charge on any atom is -0.444 e. The van der Waals surface area contributed by atoms with E-state index in [1.165, 1.54) is 11.1 Å². The summed E-state index contributed by atoms with van der Waals surface area (Å²) in [6.07, 6.45) is 0.792. The van der Waals surface area contributed by atoms with Crippen LogP contribution in [0, 0.1) is 0 Å². The molecule has 2 rings (SSSR count). The SMILES string of the molecule is CC(CNC(=O)OC(C)(C)C)NCC1Cc2ccccc21. The van der Waals surface area contributed by atoms with Crippen molar-refractivity contribution in [2.75, 3.05) is 13.1 Å². The maximum atomic E-state index is 11.6. The molecular formula is C17H26N2O2. The van der Waals surface area contributed by atoms with Gasteiger partial charge in [-0.05, 0) is 45.2 Å². The van der Waals surface area contributed by atoms with Gasteiger partial charge in [-0.2, -0.15) is 0 Å². The molecule has 4 nitrogen and oxygen atoms in total. The molecule has 1 aliphatic rings. The van der Waals surface area contributed by atoms with Crippen LogP contribution in [0.1, 0.15) is 44.7 Å². The van der Waals surface area contributed by atoms with Gasteiger partial charge < -0.3 is 15.4 Å². The highest BCUT2D eigenvalue weighted by atomic mass is 16.6. The number of amides is 1. The summed E-state index contributed by atoms with van der Waals surface area (Å²) in [6, 6.07) is 8.81. The molecule has 0 spiro atoms. The molecule has 4 heteroatoms. The molecule has 0 saturated heterocycles. The third-order valence-corrected chi connectivity index (χ3v) is 3.63. The molecule has 0 aromatic heterocycles. The molecule has 1 aliphatic carbocycles. The zero-order valence-corrected chi connectivity index (χ0v) is 13.4. The van der Waals surface area contributed by atoms with E-state index in [9.17, 15) is 4.79 Å². The predicted molar refractivity (Wildman–Crippen MR) is 84.6 cm³/mol. The maximum absolute atomic E-state index is 11.6. The van der Waals surface area contributed by atoms with Crippen molar-refractivity contribution in [1.82, 2.24) is 10.6 Å². The van der Waals surface area contributed by atoms with Crippen LogP contribution < -0.4 is 10.6 Å². The molecule has 1 amide bonds. The van der Waals surface area contributed by atoms with Crippen LogP contribution in [0.5, 0.6) is 0 Å². The summed E-state index contributed by atoms with van der Waals surface area (Å²) in [4.78, 5) is 11.6. The van der Waals surface area contributed by atoms with Crippen molar-refractivity contribution in [3.05, 3.63) is 35.4 Å². The van der Waals surface area contributed by atoms with E-state index in [0.717, 1.165) is 13.0 Å². The van der Waals surface area contributed by atoms with Crippen molar-refractivity contribution in [3.63, 3.8) is 0 Å². The number of rotatable bonds is 5. The summed E-state index contributed by atoms with van der Waals surface area (Å²) in [5.41, 5.74) is 2.47. The Hall–Kier alpha value is -1.55. The normalized spacial score (nSPS) is 18.4. The first kappa shape index (κ1) is 15.8. The molecule has 116 valence electrons. The molecule has 0 bridgehead atoms. The quantitative estimate of drug-likeness (QED) is 0.876. The van der Waals surface area contributed by atoms with Gasteiger partial charge in [-0.25, -0.2) is 4.79 Å². The van der Waals surface area contributed by atoms with E-state index in [0.29, 0.717) is 12.5 Å². The molecule has 0 saturated carbocycles. The standard InChI is InChI=1S/C17H26N2O2/c1-12(10-19-16(20)21-17(2,3)4)18-11-14-9-13-7-5-6-8-15(13)14/h5-8,12,14,18H,9-11H2,1-4H3,(H,19,20). The van der Waals surface area contributed by atoms with E-state index in [4.69, 9.17) is 4.74 Å². The van der Waals surface area contributed by atoms with Crippen molar-refractivity contribution >= 4 is 6.09 Å². The Morgan fingerprint density at radius 3 is 2.76 bits per heavy atom. The second kappa shape index (κ2) is 6.48. The fraction of sp³-hybridized carbons (Fsp3) is 0.588. The summed E-state index contributed by atoms with van der Waals surface area (Å²) in [6.45, 7) is 9.19. The number of carbonyl (C=O) groups excluding carboxylic acids is 1. The van der Waals surface area contributed by atoms with Crippen LogP contribution in [0.4, 0.5) is 4.79 Å². The van der Waals surface area contributed by atoms with Gasteiger partial charge in [0.15, 0.2) is 0 Å². The van der Waals surface area contributed by atoms with Gasteiger partial charge in [0.2, 0.25) is 0 Å². The van der Waals surface area contributed by atoms with E-state index in [1.807, 2.05) is 20.8 Å². The summed E-state index contributed by atoms with van der Waals surface area (Å²) < 4.78 is 5.21. The summed E-state index contributed by atoms with van der Waals surface area (Å²) in [5, 5.41) is 6.27. The highest BCUT2D eigenvalue weighted by molar-refractivity contribution is 5.67. The first-order chi connectivity index (χ1) is 9.85. The number of nitrogens with one attached hydrogen (secondary N) is 2. The molecule has 2 unspecified atom stereocenters. The van der Waals surface area contributed by atoms with Crippen LogP contribution in [-0.4, -0.2) is 30.8 Å². The molecule has 0 aliphatic heterocycles. The fourth-order valence-corrected chi connectivity index (χ4v) is 2.51. The molecule has 0 heterocycles. The third kappa shape index (κ3) is 4.74. The number of hydrogen-bond acceptors (Lipinski definition) is 3. The minimum absolute atomic E-state index is 0.227. The molecule has 0 radical (unpaired) electrons. The number of ether oxygens (including phenoxy) is 1. The zero-order chi connectivity index (χ0) is 15.5. The van der Waals surface area contributed by atoms with E-state index < -0.39 is 5.60 Å².